The first-order valence-corrected chi connectivity index (χ1v) is 8.88. The van der Waals surface area contributed by atoms with Crippen LogP contribution in [0.15, 0.2) is 24.6 Å². The van der Waals surface area contributed by atoms with Gasteiger partial charge in [-0.05, 0) is 93.4 Å². The quantitative estimate of drug-likeness (QED) is 0.530. The summed E-state index contributed by atoms with van der Waals surface area (Å²) in [6, 6.07) is 0. The SMILES string of the molecule is [2H]C1(F)C(F)C(F)=CC([2H])(C2CCC(C3CCC(C=C)CC3)CC2)C1([2H])[2H]. The molecule has 3 unspecified atom stereocenters. The van der Waals surface area contributed by atoms with Gasteiger partial charge in [-0.3, -0.25) is 0 Å². The smallest absolute Gasteiger partial charge is 0.182 e. The van der Waals surface area contributed by atoms with Crippen LogP contribution in [0, 0.1) is 29.6 Å². The van der Waals surface area contributed by atoms with Crippen molar-refractivity contribution in [2.75, 3.05) is 0 Å². The zero-order chi connectivity index (χ0) is 20.0. The lowest BCUT2D eigenvalue weighted by Gasteiger charge is -2.40. The van der Waals surface area contributed by atoms with Gasteiger partial charge in [-0.2, -0.15) is 0 Å². The highest BCUT2D eigenvalue weighted by molar-refractivity contribution is 5.11. The second kappa shape index (κ2) is 7.44. The Hall–Kier alpha value is -0.730. The Morgan fingerprint density at radius 3 is 2.09 bits per heavy atom. The Morgan fingerprint density at radius 1 is 1.00 bits per heavy atom. The van der Waals surface area contributed by atoms with E-state index in [-0.39, 0.29) is 0 Å². The van der Waals surface area contributed by atoms with E-state index in [1.54, 1.807) is 0 Å². The second-order valence-corrected chi connectivity index (χ2v) is 7.34. The van der Waals surface area contributed by atoms with Crippen molar-refractivity contribution in [3.05, 3.63) is 24.6 Å². The van der Waals surface area contributed by atoms with Gasteiger partial charge in [-0.1, -0.05) is 6.08 Å². The standard InChI is InChI=1S/C20H29F3/c1-2-13-3-5-14(6-4-13)15-7-9-16(10-8-15)17-11-18(21)20(23)19(22)12-17/h2,11,13-17,19-20H,1,3-10,12H2/i12D2,17D,19D. The number of rotatable bonds is 3. The number of halogens is 3. The molecule has 0 aromatic carbocycles. The van der Waals surface area contributed by atoms with Crippen molar-refractivity contribution in [2.45, 2.75) is 70.1 Å². The zero-order valence-corrected chi connectivity index (χ0v) is 13.5. The largest absolute Gasteiger partial charge is 0.244 e. The highest BCUT2D eigenvalue weighted by atomic mass is 19.2. The fourth-order valence-electron chi connectivity index (χ4n) is 4.55. The summed E-state index contributed by atoms with van der Waals surface area (Å²) in [5, 5.41) is 0. The monoisotopic (exact) mass is 330 g/mol. The number of hydrogen-bond acceptors (Lipinski definition) is 0. The lowest BCUT2D eigenvalue weighted by Crippen LogP contribution is -2.32. The molecule has 0 aliphatic heterocycles. The molecule has 0 aromatic rings. The molecule has 0 aromatic heterocycles. The summed E-state index contributed by atoms with van der Waals surface area (Å²) in [6.07, 6.45) is -0.207. The average Bonchev–Trinajstić information content (AvgIpc) is 2.66. The minimum Gasteiger partial charge on any atom is -0.244 e. The number of alkyl halides is 2. The van der Waals surface area contributed by atoms with Crippen LogP contribution in [-0.2, 0) is 0 Å². The Balaban J connectivity index is 1.71. The van der Waals surface area contributed by atoms with Gasteiger partial charge in [0.25, 0.3) is 0 Å². The van der Waals surface area contributed by atoms with Gasteiger partial charge in [0.15, 0.2) is 6.17 Å². The maximum Gasteiger partial charge on any atom is 0.182 e. The first-order valence-electron chi connectivity index (χ1n) is 10.9. The lowest BCUT2D eigenvalue weighted by atomic mass is 9.66. The molecule has 3 rings (SSSR count). The fourth-order valence-corrected chi connectivity index (χ4v) is 4.55. The Morgan fingerprint density at radius 2 is 1.52 bits per heavy atom. The van der Waals surface area contributed by atoms with Crippen LogP contribution < -0.4 is 0 Å². The van der Waals surface area contributed by atoms with E-state index in [4.69, 9.17) is 5.48 Å². The average molecular weight is 330 g/mol. The Labute approximate surface area is 143 Å². The molecule has 0 amide bonds. The molecule has 0 bridgehead atoms. The normalized spacial score (nSPS) is 56.5. The minimum absolute atomic E-state index is 0.478. The van der Waals surface area contributed by atoms with Gasteiger partial charge in [-0.25, -0.2) is 13.2 Å². The molecule has 0 heterocycles. The predicted octanol–water partition coefficient (Wildman–Crippen LogP) is 6.33. The first-order chi connectivity index (χ1) is 12.5. The van der Waals surface area contributed by atoms with Crippen LogP contribution in [-0.4, -0.2) is 12.3 Å². The highest BCUT2D eigenvalue weighted by Gasteiger charge is 2.38. The summed E-state index contributed by atoms with van der Waals surface area (Å²) in [7, 11) is 0. The molecule has 2 fully saturated rings. The van der Waals surface area contributed by atoms with Crippen molar-refractivity contribution in [3.63, 3.8) is 0 Å². The minimum atomic E-state index is -3.80. The topological polar surface area (TPSA) is 0 Å². The van der Waals surface area contributed by atoms with E-state index in [0.29, 0.717) is 36.7 Å². The van der Waals surface area contributed by atoms with E-state index in [9.17, 15) is 13.2 Å². The molecule has 0 radical (unpaired) electrons. The maximum atomic E-state index is 14.5. The molecule has 3 aliphatic carbocycles. The summed E-state index contributed by atoms with van der Waals surface area (Å²) >= 11 is 0. The maximum absolute atomic E-state index is 14.5. The van der Waals surface area contributed by atoms with Crippen LogP contribution in [0.5, 0.6) is 0 Å². The van der Waals surface area contributed by atoms with Crippen molar-refractivity contribution in [1.29, 1.82) is 0 Å². The highest BCUT2D eigenvalue weighted by Crippen LogP contribution is 2.45. The van der Waals surface area contributed by atoms with E-state index in [1.165, 1.54) is 0 Å². The van der Waals surface area contributed by atoms with Gasteiger partial charge in [0.1, 0.15) is 12.0 Å². The van der Waals surface area contributed by atoms with Crippen molar-refractivity contribution < 1.29 is 18.7 Å². The van der Waals surface area contributed by atoms with Crippen molar-refractivity contribution in [1.82, 2.24) is 0 Å². The Kier molecular flexibility index (Phi) is 4.08. The third-order valence-corrected chi connectivity index (χ3v) is 6.05. The van der Waals surface area contributed by atoms with E-state index >= 15 is 0 Å². The van der Waals surface area contributed by atoms with Gasteiger partial charge in [-0.15, -0.1) is 6.58 Å². The molecular weight excluding hydrogens is 297 g/mol. The molecule has 23 heavy (non-hydrogen) atoms. The molecule has 130 valence electrons. The molecule has 0 nitrogen and oxygen atoms in total. The zero-order valence-electron chi connectivity index (χ0n) is 17.5. The third-order valence-electron chi connectivity index (χ3n) is 6.05. The van der Waals surface area contributed by atoms with E-state index in [2.05, 4.69) is 6.58 Å². The van der Waals surface area contributed by atoms with Crippen LogP contribution in [0.25, 0.3) is 0 Å². The molecule has 3 atom stereocenters. The van der Waals surface area contributed by atoms with Crippen LogP contribution in [0.2, 0.25) is 0 Å². The van der Waals surface area contributed by atoms with Gasteiger partial charge in [0.05, 0.1) is 1.37 Å². The molecule has 0 saturated heterocycles. The van der Waals surface area contributed by atoms with E-state index in [1.807, 2.05) is 6.08 Å². The van der Waals surface area contributed by atoms with Crippen LogP contribution >= 0.6 is 0 Å². The molecule has 0 N–H and O–H groups in total. The van der Waals surface area contributed by atoms with Crippen molar-refractivity contribution in [2.24, 2.45) is 29.6 Å². The molecule has 3 aliphatic rings. The molecule has 2 saturated carbocycles. The number of allylic oxidation sites excluding steroid dienone is 3. The van der Waals surface area contributed by atoms with E-state index in [0.717, 1.165) is 38.5 Å². The van der Waals surface area contributed by atoms with Gasteiger partial charge in [0.2, 0.25) is 0 Å². The molecule has 3 heteroatoms. The van der Waals surface area contributed by atoms with Crippen molar-refractivity contribution >= 4 is 0 Å². The summed E-state index contributed by atoms with van der Waals surface area (Å²) in [6.45, 7) is 3.86. The molecular formula is C20H29F3. The summed E-state index contributed by atoms with van der Waals surface area (Å²) in [5.41, 5.74) is 0. The summed E-state index contributed by atoms with van der Waals surface area (Å²) in [5.74, 6) is -2.74. The van der Waals surface area contributed by atoms with Crippen LogP contribution in [0.3, 0.4) is 0 Å². The predicted molar refractivity (Wildman–Crippen MR) is 88.2 cm³/mol. The van der Waals surface area contributed by atoms with Crippen LogP contribution in [0.4, 0.5) is 13.2 Å². The van der Waals surface area contributed by atoms with E-state index < -0.39 is 36.3 Å². The van der Waals surface area contributed by atoms with Gasteiger partial charge in [0, 0.05) is 4.11 Å². The summed E-state index contributed by atoms with van der Waals surface area (Å²) < 4.78 is 74.2. The summed E-state index contributed by atoms with van der Waals surface area (Å²) in [4.78, 5) is 0. The lowest BCUT2D eigenvalue weighted by molar-refractivity contribution is 0.0950. The Bertz CT molecular complexity index is 590. The molecule has 0 spiro atoms. The van der Waals surface area contributed by atoms with Gasteiger partial charge < -0.3 is 0 Å². The fraction of sp³-hybridized carbons (Fsp3) is 0.800. The first kappa shape index (κ1) is 12.6. The van der Waals surface area contributed by atoms with Crippen molar-refractivity contribution in [3.8, 4) is 0 Å². The number of hydrogen-bond donors (Lipinski definition) is 0. The third kappa shape index (κ3) is 3.85. The van der Waals surface area contributed by atoms with Crippen LogP contribution in [0.1, 0.15) is 63.2 Å². The second-order valence-electron chi connectivity index (χ2n) is 7.34. The van der Waals surface area contributed by atoms with Gasteiger partial charge >= 0.3 is 0 Å².